The third-order valence-corrected chi connectivity index (χ3v) is 7.11. The van der Waals surface area contributed by atoms with Crippen molar-refractivity contribution in [3.63, 3.8) is 0 Å². The highest BCUT2D eigenvalue weighted by Gasteiger charge is 2.50. The molecule has 192 valence electrons. The Morgan fingerprint density at radius 2 is 2.20 bits per heavy atom. The normalized spacial score (nSPS) is 22.7. The molecule has 6 N–H and O–H groups in total. The average molecular weight is 534 g/mol. The first kappa shape index (κ1) is 25.8. The summed E-state index contributed by atoms with van der Waals surface area (Å²) >= 11 is 6.09. The number of aromatic nitrogens is 8. The van der Waals surface area contributed by atoms with Crippen LogP contribution >= 0.6 is 19.2 Å². The average Bonchev–Trinajstić information content (AvgIpc) is 3.50. The Morgan fingerprint density at radius 1 is 1.43 bits per heavy atom. The lowest BCUT2D eigenvalue weighted by Crippen LogP contribution is -2.43. The van der Waals surface area contributed by atoms with Crippen LogP contribution in [0.2, 0.25) is 5.28 Å². The maximum atomic E-state index is 12.2. The molecule has 3 aromatic heterocycles. The summed E-state index contributed by atoms with van der Waals surface area (Å²) in [5.41, 5.74) is 0.379. The van der Waals surface area contributed by atoms with E-state index in [1.807, 2.05) is 13.8 Å². The molecule has 35 heavy (non-hydrogen) atoms. The zero-order valence-corrected chi connectivity index (χ0v) is 20.3. The summed E-state index contributed by atoms with van der Waals surface area (Å²) in [4.78, 5) is 28.2. The number of hydrogen-bond acceptors (Lipinski definition) is 12. The monoisotopic (exact) mass is 533 g/mol. The number of rotatable bonds is 10. The minimum Gasteiger partial charge on any atom is -0.393 e. The summed E-state index contributed by atoms with van der Waals surface area (Å²) in [6, 6.07) is 0.0758. The zero-order chi connectivity index (χ0) is 25.4. The smallest absolute Gasteiger partial charge is 0.359 e. The molecule has 0 aliphatic carbocycles. The van der Waals surface area contributed by atoms with Gasteiger partial charge in [-0.3, -0.25) is 4.57 Å². The second-order valence-electron chi connectivity index (χ2n) is 8.36. The van der Waals surface area contributed by atoms with Crippen molar-refractivity contribution in [2.75, 3.05) is 18.5 Å². The van der Waals surface area contributed by atoms with Crippen LogP contribution in [0.3, 0.4) is 0 Å². The Hall–Kier alpha value is -2.30. The van der Waals surface area contributed by atoms with Gasteiger partial charge in [-0.2, -0.15) is 20.3 Å². The summed E-state index contributed by atoms with van der Waals surface area (Å²) in [7, 11) is -5.03. The van der Waals surface area contributed by atoms with Crippen LogP contribution in [0.25, 0.3) is 11.0 Å². The number of fused-ring (bicyclic) bond motifs is 1. The Balaban J connectivity index is 1.53. The Bertz CT molecular complexity index is 1210. The number of tetrazole rings is 1. The number of H-pyrrole nitrogens is 1. The first-order chi connectivity index (χ1) is 16.5. The molecule has 16 nitrogen and oxygen atoms in total. The van der Waals surface area contributed by atoms with Gasteiger partial charge in [-0.15, -0.1) is 10.2 Å². The fourth-order valence-electron chi connectivity index (χ4n) is 3.68. The van der Waals surface area contributed by atoms with Gasteiger partial charge in [0.25, 0.3) is 0 Å². The molecule has 4 atom stereocenters. The topological polar surface area (TPSA) is 227 Å². The van der Waals surface area contributed by atoms with Gasteiger partial charge in [0.05, 0.1) is 37.3 Å². The van der Waals surface area contributed by atoms with Crippen molar-refractivity contribution in [2.45, 2.75) is 56.5 Å². The molecule has 0 radical (unpaired) electrons. The molecule has 18 heteroatoms. The first-order valence-corrected chi connectivity index (χ1v) is 12.6. The molecule has 0 bridgehead atoms. The fourth-order valence-corrected chi connectivity index (χ4v) is 4.62. The molecule has 4 rings (SSSR count). The van der Waals surface area contributed by atoms with Crippen LogP contribution in [-0.2, 0) is 20.5 Å². The molecular weight excluding hydrogens is 509 g/mol. The highest BCUT2D eigenvalue weighted by Crippen LogP contribution is 2.52. The molecule has 4 heterocycles. The van der Waals surface area contributed by atoms with Gasteiger partial charge in [-0.25, -0.2) is 4.68 Å². The van der Waals surface area contributed by atoms with Crippen molar-refractivity contribution < 1.29 is 34.0 Å². The van der Waals surface area contributed by atoms with E-state index >= 15 is 0 Å². The van der Waals surface area contributed by atoms with E-state index in [1.165, 1.54) is 4.68 Å². The third kappa shape index (κ3) is 5.29. The standard InChI is InChI=1S/C17H25ClN9O7P/c1-8(2)20-14-9-5-19-27(15(9)22-16(18)21-14)13-3-10(29)11(34-13)6-33-17(7-28,35(30,31)32)4-12-23-25-26-24-12/h5,8,10-11,13,28-29H,3-4,6-7H2,1-2H3,(H,20,21,22)(H2,30,31,32)(H,23,24,25,26)/t10-,11+,13+,17+/m0/s1. The van der Waals surface area contributed by atoms with E-state index in [1.54, 1.807) is 6.20 Å². The summed E-state index contributed by atoms with van der Waals surface area (Å²) in [6.45, 7) is 2.39. The minimum atomic E-state index is -5.03. The summed E-state index contributed by atoms with van der Waals surface area (Å²) < 4.78 is 25.0. The van der Waals surface area contributed by atoms with Crippen LogP contribution in [0.4, 0.5) is 5.82 Å². The number of nitrogens with one attached hydrogen (secondary N) is 2. The minimum absolute atomic E-state index is 0.00309. The van der Waals surface area contributed by atoms with Gasteiger partial charge in [0.2, 0.25) is 5.28 Å². The zero-order valence-electron chi connectivity index (χ0n) is 18.7. The number of halogens is 1. The predicted octanol–water partition coefficient (Wildman–Crippen LogP) is -0.413. The van der Waals surface area contributed by atoms with E-state index in [2.05, 4.69) is 41.0 Å². The van der Waals surface area contributed by atoms with Gasteiger partial charge in [0.1, 0.15) is 11.9 Å². The number of anilines is 1. The predicted molar refractivity (Wildman–Crippen MR) is 119 cm³/mol. The second-order valence-corrected chi connectivity index (χ2v) is 10.6. The number of aromatic amines is 1. The molecule has 3 aromatic rings. The molecule has 0 unspecified atom stereocenters. The molecule has 1 saturated heterocycles. The third-order valence-electron chi connectivity index (χ3n) is 5.45. The van der Waals surface area contributed by atoms with Crippen molar-refractivity contribution >= 4 is 36.0 Å². The maximum absolute atomic E-state index is 12.2. The van der Waals surface area contributed by atoms with Crippen molar-refractivity contribution in [1.29, 1.82) is 0 Å². The van der Waals surface area contributed by atoms with Gasteiger partial charge >= 0.3 is 7.60 Å². The Kier molecular flexibility index (Phi) is 7.36. The van der Waals surface area contributed by atoms with Gasteiger partial charge in [-0.05, 0) is 25.4 Å². The summed E-state index contributed by atoms with van der Waals surface area (Å²) in [5.74, 6) is 0.425. The van der Waals surface area contributed by atoms with E-state index in [-0.39, 0.29) is 23.6 Å². The van der Waals surface area contributed by atoms with E-state index in [4.69, 9.17) is 21.1 Å². The molecule has 0 amide bonds. The van der Waals surface area contributed by atoms with Crippen LogP contribution in [0, 0.1) is 0 Å². The molecular formula is C17H25ClN9O7P. The lowest BCUT2D eigenvalue weighted by Gasteiger charge is -2.32. The second kappa shape index (κ2) is 9.99. The van der Waals surface area contributed by atoms with Crippen LogP contribution in [-0.4, -0.2) is 97.2 Å². The van der Waals surface area contributed by atoms with Gasteiger partial charge in [-0.1, -0.05) is 5.21 Å². The molecule has 0 saturated carbocycles. The fraction of sp³-hybridized carbons (Fsp3) is 0.647. The number of nitrogens with zero attached hydrogens (tertiary/aromatic N) is 7. The lowest BCUT2D eigenvalue weighted by molar-refractivity contribution is -0.109. The molecule has 1 aliphatic rings. The van der Waals surface area contributed by atoms with Crippen LogP contribution < -0.4 is 5.32 Å². The molecule has 1 aliphatic heterocycles. The largest absolute Gasteiger partial charge is 0.393 e. The lowest BCUT2D eigenvalue weighted by atomic mass is 10.2. The van der Waals surface area contributed by atoms with Crippen LogP contribution in [0.1, 0.15) is 32.3 Å². The number of aliphatic hydroxyl groups is 2. The number of ether oxygens (including phenoxy) is 2. The molecule has 0 aromatic carbocycles. The Morgan fingerprint density at radius 3 is 2.83 bits per heavy atom. The van der Waals surface area contributed by atoms with Crippen molar-refractivity contribution in [1.82, 2.24) is 40.4 Å². The SMILES string of the molecule is CC(C)Nc1nc(Cl)nc2c1cnn2[C@H]1C[C@H](O)[C@@H](CO[C@](CO)(Cc2nn[nH]n2)P(=O)(O)O)O1. The Labute approximate surface area is 203 Å². The van der Waals surface area contributed by atoms with Gasteiger partial charge in [0.15, 0.2) is 23.0 Å². The quantitative estimate of drug-likeness (QED) is 0.144. The first-order valence-electron chi connectivity index (χ1n) is 10.6. The van der Waals surface area contributed by atoms with Gasteiger partial charge in [0, 0.05) is 12.5 Å². The van der Waals surface area contributed by atoms with Gasteiger partial charge < -0.3 is 34.8 Å². The van der Waals surface area contributed by atoms with Crippen LogP contribution in [0.5, 0.6) is 0 Å². The summed E-state index contributed by atoms with van der Waals surface area (Å²) in [6.07, 6.45) is -1.72. The van der Waals surface area contributed by atoms with E-state index in [0.717, 1.165) is 0 Å². The highest BCUT2D eigenvalue weighted by atomic mass is 35.5. The summed E-state index contributed by atoms with van der Waals surface area (Å²) in [5, 5.41) is 39.0. The maximum Gasteiger partial charge on any atom is 0.359 e. The van der Waals surface area contributed by atoms with Crippen molar-refractivity contribution in [3.8, 4) is 0 Å². The van der Waals surface area contributed by atoms with E-state index in [0.29, 0.717) is 16.9 Å². The highest BCUT2D eigenvalue weighted by molar-refractivity contribution is 7.53. The van der Waals surface area contributed by atoms with Crippen molar-refractivity contribution in [3.05, 3.63) is 17.3 Å². The molecule has 0 spiro atoms. The number of hydrogen-bond donors (Lipinski definition) is 6. The van der Waals surface area contributed by atoms with Crippen LogP contribution in [0.15, 0.2) is 6.20 Å². The molecule has 1 fully saturated rings. The van der Waals surface area contributed by atoms with E-state index in [9.17, 15) is 24.6 Å². The van der Waals surface area contributed by atoms with Crippen molar-refractivity contribution in [2.24, 2.45) is 0 Å². The number of aliphatic hydroxyl groups excluding tert-OH is 2. The van der Waals surface area contributed by atoms with E-state index < -0.39 is 51.0 Å².